The average Bonchev–Trinajstić information content (AvgIpc) is 3.16. The molecule has 0 unspecified atom stereocenters. The van der Waals surface area contributed by atoms with Gasteiger partial charge in [0.25, 0.3) is 5.91 Å². The van der Waals surface area contributed by atoms with Gasteiger partial charge in [-0.25, -0.2) is 0 Å². The lowest BCUT2D eigenvalue weighted by Crippen LogP contribution is -2.33. The summed E-state index contributed by atoms with van der Waals surface area (Å²) in [5, 5.41) is 15.3. The fourth-order valence-electron chi connectivity index (χ4n) is 3.18. The van der Waals surface area contributed by atoms with Crippen LogP contribution in [0.1, 0.15) is 36.1 Å². The summed E-state index contributed by atoms with van der Waals surface area (Å²) in [5.41, 5.74) is 1.00. The van der Waals surface area contributed by atoms with Crippen LogP contribution in [0.4, 0.5) is 5.69 Å². The van der Waals surface area contributed by atoms with Crippen LogP contribution in [0.3, 0.4) is 0 Å². The Morgan fingerprint density at radius 1 is 1.12 bits per heavy atom. The van der Waals surface area contributed by atoms with Crippen molar-refractivity contribution in [2.24, 2.45) is 13.0 Å². The molecule has 3 rings (SSSR count). The van der Waals surface area contributed by atoms with Crippen LogP contribution in [0, 0.1) is 5.92 Å². The van der Waals surface area contributed by atoms with Crippen molar-refractivity contribution in [3.8, 4) is 5.75 Å². The highest BCUT2D eigenvalue weighted by Crippen LogP contribution is 2.26. The van der Waals surface area contributed by atoms with Gasteiger partial charge in [-0.15, -0.1) is 10.2 Å². The maximum absolute atomic E-state index is 12.8. The van der Waals surface area contributed by atoms with Gasteiger partial charge in [-0.3, -0.25) is 9.59 Å². The van der Waals surface area contributed by atoms with Crippen molar-refractivity contribution in [1.29, 1.82) is 0 Å². The van der Waals surface area contributed by atoms with Gasteiger partial charge in [-0.05, 0) is 30.2 Å². The van der Waals surface area contributed by atoms with Gasteiger partial charge in [0.15, 0.2) is 11.0 Å². The molecule has 0 spiro atoms. The third-order valence-electron chi connectivity index (χ3n) is 4.93. The second-order valence-corrected chi connectivity index (χ2v) is 8.96. The van der Waals surface area contributed by atoms with E-state index in [0.717, 1.165) is 0 Å². The Bertz CT molecular complexity index is 1130. The predicted molar refractivity (Wildman–Crippen MR) is 130 cm³/mol. The lowest BCUT2D eigenvalue weighted by atomic mass is 10.0. The molecule has 3 aromatic rings. The molecule has 0 saturated carbocycles. The normalized spacial score (nSPS) is 11.8. The Balaban J connectivity index is 1.68. The van der Waals surface area contributed by atoms with E-state index in [1.807, 2.05) is 33.0 Å². The first kappa shape index (κ1) is 24.6. The Kier molecular flexibility index (Phi) is 8.35. The van der Waals surface area contributed by atoms with Gasteiger partial charge >= 0.3 is 0 Å². The zero-order chi connectivity index (χ0) is 24.0. The molecule has 174 valence electrons. The van der Waals surface area contributed by atoms with E-state index < -0.39 is 0 Å². The van der Waals surface area contributed by atoms with E-state index in [0.29, 0.717) is 33.0 Å². The standard InChI is InChI=1S/C23H26ClN5O3S/c1-14(2)20(26-22(31)15-9-5-6-10-16(15)24)21-27-28-23(29(21)3)33-13-19(30)25-17-11-7-8-12-18(17)32-4/h5-12,14,20H,13H2,1-4H3,(H,25,30)(H,26,31)/t20-/m1/s1. The number of hydrogen-bond acceptors (Lipinski definition) is 6. The third kappa shape index (κ3) is 6.06. The molecule has 0 aliphatic rings. The van der Waals surface area contributed by atoms with E-state index in [1.165, 1.54) is 11.8 Å². The fraction of sp³-hybridized carbons (Fsp3) is 0.304. The molecule has 0 radical (unpaired) electrons. The minimum Gasteiger partial charge on any atom is -0.495 e. The average molecular weight is 488 g/mol. The Labute approximate surface area is 202 Å². The van der Waals surface area contributed by atoms with Crippen molar-refractivity contribution < 1.29 is 14.3 Å². The largest absolute Gasteiger partial charge is 0.495 e. The van der Waals surface area contributed by atoms with Crippen LogP contribution < -0.4 is 15.4 Å². The summed E-state index contributed by atoms with van der Waals surface area (Å²) in [4.78, 5) is 25.2. The van der Waals surface area contributed by atoms with E-state index in [4.69, 9.17) is 16.3 Å². The van der Waals surface area contributed by atoms with Crippen LogP contribution in [-0.2, 0) is 11.8 Å². The molecule has 33 heavy (non-hydrogen) atoms. The lowest BCUT2D eigenvalue weighted by Gasteiger charge is -2.22. The molecular formula is C23H26ClN5O3S. The monoisotopic (exact) mass is 487 g/mol. The van der Waals surface area contributed by atoms with E-state index in [2.05, 4.69) is 20.8 Å². The molecule has 0 fully saturated rings. The number of halogens is 1. The van der Waals surface area contributed by atoms with Crippen LogP contribution in [0.2, 0.25) is 5.02 Å². The number of nitrogens with zero attached hydrogens (tertiary/aromatic N) is 3. The molecule has 0 saturated heterocycles. The molecule has 0 bridgehead atoms. The van der Waals surface area contributed by atoms with Crippen LogP contribution in [-0.4, -0.2) is 39.4 Å². The number of aromatic nitrogens is 3. The number of anilines is 1. The number of thioether (sulfide) groups is 1. The van der Waals surface area contributed by atoms with Gasteiger partial charge in [0.1, 0.15) is 5.75 Å². The van der Waals surface area contributed by atoms with Gasteiger partial charge in [0.05, 0.1) is 35.2 Å². The van der Waals surface area contributed by atoms with Crippen molar-refractivity contribution in [2.75, 3.05) is 18.2 Å². The molecule has 0 aliphatic carbocycles. The zero-order valence-electron chi connectivity index (χ0n) is 18.8. The first-order chi connectivity index (χ1) is 15.8. The summed E-state index contributed by atoms with van der Waals surface area (Å²) in [5.74, 6) is 0.895. The van der Waals surface area contributed by atoms with Crippen molar-refractivity contribution in [3.05, 3.63) is 64.9 Å². The summed E-state index contributed by atoms with van der Waals surface area (Å²) in [6, 6.07) is 13.7. The van der Waals surface area contributed by atoms with Gasteiger partial charge < -0.3 is 19.9 Å². The number of hydrogen-bond donors (Lipinski definition) is 2. The number of rotatable bonds is 9. The predicted octanol–water partition coefficient (Wildman–Crippen LogP) is 4.34. The first-order valence-corrected chi connectivity index (χ1v) is 11.7. The fourth-order valence-corrected chi connectivity index (χ4v) is 4.12. The van der Waals surface area contributed by atoms with Crippen LogP contribution >= 0.6 is 23.4 Å². The molecule has 2 aromatic carbocycles. The second kappa shape index (κ2) is 11.2. The van der Waals surface area contributed by atoms with E-state index in [9.17, 15) is 9.59 Å². The number of para-hydroxylation sites is 2. The van der Waals surface area contributed by atoms with Gasteiger partial charge in [-0.1, -0.05) is 61.5 Å². The van der Waals surface area contributed by atoms with E-state index in [-0.39, 0.29) is 29.5 Å². The quantitative estimate of drug-likeness (QED) is 0.436. The number of nitrogens with one attached hydrogen (secondary N) is 2. The summed E-state index contributed by atoms with van der Waals surface area (Å²) in [7, 11) is 3.36. The number of amides is 2. The molecule has 0 aliphatic heterocycles. The molecule has 8 nitrogen and oxygen atoms in total. The highest BCUT2D eigenvalue weighted by molar-refractivity contribution is 7.99. The number of ether oxygens (including phenoxy) is 1. The van der Waals surface area contributed by atoms with Crippen molar-refractivity contribution in [1.82, 2.24) is 20.1 Å². The molecular weight excluding hydrogens is 462 g/mol. The lowest BCUT2D eigenvalue weighted by molar-refractivity contribution is -0.113. The Morgan fingerprint density at radius 2 is 1.82 bits per heavy atom. The molecule has 1 aromatic heterocycles. The number of carbonyl (C=O) groups is 2. The van der Waals surface area contributed by atoms with Gasteiger partial charge in [-0.2, -0.15) is 0 Å². The van der Waals surface area contributed by atoms with Crippen LogP contribution in [0.5, 0.6) is 5.75 Å². The Morgan fingerprint density at radius 3 is 2.52 bits per heavy atom. The second-order valence-electron chi connectivity index (χ2n) is 7.61. The SMILES string of the molecule is COc1ccccc1NC(=O)CSc1nnc([C@H](NC(=O)c2ccccc2Cl)C(C)C)n1C. The number of carbonyl (C=O) groups excluding carboxylic acids is 2. The van der Waals surface area contributed by atoms with Gasteiger partial charge in [0, 0.05) is 7.05 Å². The summed E-state index contributed by atoms with van der Waals surface area (Å²) < 4.78 is 7.05. The highest BCUT2D eigenvalue weighted by atomic mass is 35.5. The minimum atomic E-state index is -0.386. The van der Waals surface area contributed by atoms with E-state index >= 15 is 0 Å². The van der Waals surface area contributed by atoms with Gasteiger partial charge in [0.2, 0.25) is 5.91 Å². The summed E-state index contributed by atoms with van der Waals surface area (Å²) in [6.45, 7) is 3.97. The summed E-state index contributed by atoms with van der Waals surface area (Å²) >= 11 is 7.43. The molecule has 1 heterocycles. The molecule has 1 atom stereocenters. The van der Waals surface area contributed by atoms with E-state index in [1.54, 1.807) is 48.1 Å². The molecule has 2 N–H and O–H groups in total. The zero-order valence-corrected chi connectivity index (χ0v) is 20.4. The number of methoxy groups -OCH3 is 1. The van der Waals surface area contributed by atoms with Crippen molar-refractivity contribution in [2.45, 2.75) is 25.0 Å². The smallest absolute Gasteiger partial charge is 0.253 e. The topological polar surface area (TPSA) is 98.1 Å². The van der Waals surface area contributed by atoms with Crippen LogP contribution in [0.25, 0.3) is 0 Å². The molecule has 10 heteroatoms. The summed E-state index contributed by atoms with van der Waals surface area (Å²) in [6.07, 6.45) is 0. The Hall–Kier alpha value is -3.04. The van der Waals surface area contributed by atoms with Crippen molar-refractivity contribution >= 4 is 40.9 Å². The minimum absolute atomic E-state index is 0.0473. The number of benzene rings is 2. The van der Waals surface area contributed by atoms with Crippen LogP contribution in [0.15, 0.2) is 53.7 Å². The highest BCUT2D eigenvalue weighted by Gasteiger charge is 2.26. The third-order valence-corrected chi connectivity index (χ3v) is 6.28. The maximum Gasteiger partial charge on any atom is 0.253 e. The maximum atomic E-state index is 12.8. The first-order valence-electron chi connectivity index (χ1n) is 10.3. The van der Waals surface area contributed by atoms with Crippen molar-refractivity contribution in [3.63, 3.8) is 0 Å². The molecule has 2 amide bonds.